The number of aliphatic hydroxyl groups excluding tert-OH is 2. The van der Waals surface area contributed by atoms with Crippen molar-refractivity contribution in [1.29, 1.82) is 0 Å². The van der Waals surface area contributed by atoms with Gasteiger partial charge < -0.3 is 35.4 Å². The zero-order chi connectivity index (χ0) is 19.2. The third-order valence-electron chi connectivity index (χ3n) is 3.32. The van der Waals surface area contributed by atoms with Crippen molar-refractivity contribution in [2.75, 3.05) is 6.61 Å². The maximum Gasteiger partial charge on any atom is 0.335 e. The average Bonchev–Trinajstić information content (AvgIpc) is 2.53. The van der Waals surface area contributed by atoms with Gasteiger partial charge in [-0.25, -0.2) is 9.59 Å². The first kappa shape index (κ1) is 20.4. The first-order valence-corrected chi connectivity index (χ1v) is 7.21. The van der Waals surface area contributed by atoms with E-state index in [1.807, 2.05) is 0 Å². The molecule has 1 rings (SSSR count). The third kappa shape index (κ3) is 6.42. The van der Waals surface area contributed by atoms with E-state index in [2.05, 4.69) is 0 Å². The largest absolute Gasteiger partial charge is 0.504 e. The second-order valence-corrected chi connectivity index (χ2v) is 5.63. The van der Waals surface area contributed by atoms with Crippen molar-refractivity contribution < 1.29 is 45.0 Å². The van der Waals surface area contributed by atoms with Crippen molar-refractivity contribution in [1.82, 2.24) is 0 Å². The molecule has 1 aromatic carbocycles. The number of hydrogen-bond donors (Lipinski definition) is 6. The number of carbonyl (C=O) groups is 2. The lowest BCUT2D eigenvalue weighted by molar-refractivity contribution is -0.163. The lowest BCUT2D eigenvalue weighted by Gasteiger charge is -2.24. The third-order valence-corrected chi connectivity index (χ3v) is 3.32. The molecule has 3 unspecified atom stereocenters. The van der Waals surface area contributed by atoms with Crippen LogP contribution < -0.4 is 0 Å². The van der Waals surface area contributed by atoms with E-state index in [0.29, 0.717) is 5.56 Å². The number of aliphatic hydroxyl groups is 3. The molecule has 3 atom stereocenters. The Labute approximate surface area is 143 Å². The number of ether oxygens (including phenoxy) is 1. The van der Waals surface area contributed by atoms with Gasteiger partial charge in [-0.15, -0.1) is 0 Å². The molecule has 138 valence electrons. The second-order valence-electron chi connectivity index (χ2n) is 5.63. The fourth-order valence-electron chi connectivity index (χ4n) is 1.77. The molecule has 0 spiro atoms. The van der Waals surface area contributed by atoms with Crippen LogP contribution in [0.3, 0.4) is 0 Å². The Kier molecular flexibility index (Phi) is 6.92. The van der Waals surface area contributed by atoms with Gasteiger partial charge in [0.05, 0.1) is 6.10 Å². The number of rotatable bonds is 8. The first-order chi connectivity index (χ1) is 11.5. The predicted octanol–water partition coefficient (Wildman–Crippen LogP) is -0.398. The molecule has 0 radical (unpaired) electrons. The van der Waals surface area contributed by atoms with Gasteiger partial charge in [-0.05, 0) is 30.7 Å². The second kappa shape index (κ2) is 8.47. The SMILES string of the molecule is CC(O)(CC(O)C(O)COC(=O)C=Cc1ccc(O)c(O)c1)C(=O)O. The maximum absolute atomic E-state index is 11.5. The van der Waals surface area contributed by atoms with Crippen LogP contribution in [0.15, 0.2) is 24.3 Å². The van der Waals surface area contributed by atoms with Gasteiger partial charge >= 0.3 is 11.9 Å². The zero-order valence-corrected chi connectivity index (χ0v) is 13.4. The number of phenols is 2. The van der Waals surface area contributed by atoms with Gasteiger partial charge in [0.15, 0.2) is 17.1 Å². The predicted molar refractivity (Wildman–Crippen MR) is 84.7 cm³/mol. The van der Waals surface area contributed by atoms with Gasteiger partial charge in [-0.3, -0.25) is 0 Å². The summed E-state index contributed by atoms with van der Waals surface area (Å²) < 4.78 is 4.70. The molecular formula is C16H20O9. The van der Waals surface area contributed by atoms with Gasteiger partial charge in [0.2, 0.25) is 0 Å². The number of aliphatic carboxylic acids is 1. The van der Waals surface area contributed by atoms with Gasteiger partial charge in [-0.2, -0.15) is 0 Å². The number of phenolic OH excluding ortho intramolecular Hbond substituents is 2. The molecule has 9 nitrogen and oxygen atoms in total. The molecule has 0 saturated carbocycles. The van der Waals surface area contributed by atoms with Crippen LogP contribution in [0.1, 0.15) is 18.9 Å². The molecule has 0 amide bonds. The van der Waals surface area contributed by atoms with Crippen molar-refractivity contribution in [3.05, 3.63) is 29.8 Å². The Bertz CT molecular complexity index is 651. The molecule has 25 heavy (non-hydrogen) atoms. The Morgan fingerprint density at radius 1 is 1.20 bits per heavy atom. The minimum absolute atomic E-state index is 0.311. The molecule has 0 bridgehead atoms. The van der Waals surface area contributed by atoms with Gasteiger partial charge in [0, 0.05) is 12.5 Å². The number of carbonyl (C=O) groups excluding carboxylic acids is 1. The van der Waals surface area contributed by atoms with Crippen LogP contribution in [0.2, 0.25) is 0 Å². The molecule has 0 aliphatic rings. The van der Waals surface area contributed by atoms with Crippen LogP contribution in [-0.2, 0) is 14.3 Å². The van der Waals surface area contributed by atoms with Crippen LogP contribution in [0.25, 0.3) is 6.08 Å². The Morgan fingerprint density at radius 2 is 1.84 bits per heavy atom. The topological polar surface area (TPSA) is 165 Å². The van der Waals surface area contributed by atoms with E-state index < -0.39 is 42.8 Å². The van der Waals surface area contributed by atoms with Crippen LogP contribution in [-0.4, -0.2) is 67.0 Å². The first-order valence-electron chi connectivity index (χ1n) is 7.21. The summed E-state index contributed by atoms with van der Waals surface area (Å²) in [5.74, 6) is -3.09. The number of benzene rings is 1. The minimum atomic E-state index is -2.23. The molecule has 0 heterocycles. The fraction of sp³-hybridized carbons (Fsp3) is 0.375. The summed E-state index contributed by atoms with van der Waals surface area (Å²) in [6, 6.07) is 3.88. The van der Waals surface area contributed by atoms with E-state index in [4.69, 9.17) is 14.9 Å². The Hall–Kier alpha value is -2.62. The molecule has 1 aromatic rings. The monoisotopic (exact) mass is 356 g/mol. The van der Waals surface area contributed by atoms with Crippen molar-refractivity contribution >= 4 is 18.0 Å². The minimum Gasteiger partial charge on any atom is -0.504 e. The normalized spacial score (nSPS) is 16.2. The van der Waals surface area contributed by atoms with Gasteiger partial charge in [-0.1, -0.05) is 6.07 Å². The number of carboxylic acids is 1. The maximum atomic E-state index is 11.5. The van der Waals surface area contributed by atoms with E-state index in [1.54, 1.807) is 0 Å². The number of esters is 1. The quantitative estimate of drug-likeness (QED) is 0.206. The van der Waals surface area contributed by atoms with Crippen LogP contribution in [0.4, 0.5) is 0 Å². The fourth-order valence-corrected chi connectivity index (χ4v) is 1.77. The lowest BCUT2D eigenvalue weighted by atomic mass is 9.96. The van der Waals surface area contributed by atoms with Crippen molar-refractivity contribution in [2.24, 2.45) is 0 Å². The highest BCUT2D eigenvalue weighted by molar-refractivity contribution is 5.87. The summed E-state index contributed by atoms with van der Waals surface area (Å²) in [6.45, 7) is 0.355. The van der Waals surface area contributed by atoms with E-state index in [9.17, 15) is 30.0 Å². The highest BCUT2D eigenvalue weighted by Gasteiger charge is 2.35. The van der Waals surface area contributed by atoms with E-state index in [0.717, 1.165) is 13.0 Å². The molecule has 0 saturated heterocycles. The molecule has 6 N–H and O–H groups in total. The van der Waals surface area contributed by atoms with E-state index in [1.165, 1.54) is 24.3 Å². The standard InChI is InChI=1S/C16H20O9/c1-16(24,15(22)23)7-12(19)13(20)8-25-14(21)5-3-9-2-4-10(17)11(18)6-9/h2-6,12-13,17-20,24H,7-8H2,1H3,(H,22,23). The summed E-state index contributed by atoms with van der Waals surface area (Å²) >= 11 is 0. The van der Waals surface area contributed by atoms with Crippen molar-refractivity contribution in [2.45, 2.75) is 31.2 Å². The number of carboxylic acid groups (broad SMARTS) is 1. The zero-order valence-electron chi connectivity index (χ0n) is 13.4. The van der Waals surface area contributed by atoms with Gasteiger partial charge in [0.25, 0.3) is 0 Å². The summed E-state index contributed by atoms with van der Waals surface area (Å²) in [7, 11) is 0. The van der Waals surface area contributed by atoms with Crippen LogP contribution >= 0.6 is 0 Å². The molecule has 0 fully saturated rings. The number of hydrogen-bond acceptors (Lipinski definition) is 8. The smallest absolute Gasteiger partial charge is 0.335 e. The molecule has 0 aromatic heterocycles. The summed E-state index contributed by atoms with van der Waals surface area (Å²) in [6.07, 6.45) is -1.56. The summed E-state index contributed by atoms with van der Waals surface area (Å²) in [4.78, 5) is 22.3. The highest BCUT2D eigenvalue weighted by Crippen LogP contribution is 2.25. The Morgan fingerprint density at radius 3 is 2.40 bits per heavy atom. The van der Waals surface area contributed by atoms with Crippen molar-refractivity contribution in [3.63, 3.8) is 0 Å². The van der Waals surface area contributed by atoms with Crippen molar-refractivity contribution in [3.8, 4) is 11.5 Å². The van der Waals surface area contributed by atoms with Crippen LogP contribution in [0, 0.1) is 0 Å². The molecule has 9 heteroatoms. The average molecular weight is 356 g/mol. The molecule has 0 aliphatic carbocycles. The summed E-state index contributed by atoms with van der Waals surface area (Å²) in [5, 5.41) is 56.0. The van der Waals surface area contributed by atoms with E-state index >= 15 is 0 Å². The van der Waals surface area contributed by atoms with Gasteiger partial charge in [0.1, 0.15) is 12.7 Å². The highest BCUT2D eigenvalue weighted by atomic mass is 16.5. The van der Waals surface area contributed by atoms with Crippen LogP contribution in [0.5, 0.6) is 11.5 Å². The molecule has 0 aliphatic heterocycles. The Balaban J connectivity index is 2.51. The molecular weight excluding hydrogens is 336 g/mol. The lowest BCUT2D eigenvalue weighted by Crippen LogP contribution is -2.43. The number of aromatic hydroxyl groups is 2. The van der Waals surface area contributed by atoms with E-state index in [-0.39, 0.29) is 11.5 Å². The summed E-state index contributed by atoms with van der Waals surface area (Å²) in [5.41, 5.74) is -1.82.